The van der Waals surface area contributed by atoms with Crippen LogP contribution in [0.25, 0.3) is 0 Å². The predicted octanol–water partition coefficient (Wildman–Crippen LogP) is 4.27. The summed E-state index contributed by atoms with van der Waals surface area (Å²) >= 11 is 12.7. The Labute approximate surface area is 199 Å². The van der Waals surface area contributed by atoms with E-state index in [1.165, 1.54) is 5.56 Å². The van der Waals surface area contributed by atoms with E-state index in [9.17, 15) is 9.90 Å². The molecule has 0 spiro atoms. The van der Waals surface area contributed by atoms with E-state index in [1.54, 1.807) is 0 Å². The van der Waals surface area contributed by atoms with Crippen molar-refractivity contribution in [2.75, 3.05) is 44.2 Å². The fourth-order valence-electron chi connectivity index (χ4n) is 5.41. The van der Waals surface area contributed by atoms with Crippen LogP contribution < -0.4 is 4.90 Å². The molecule has 0 bridgehead atoms. The minimum Gasteiger partial charge on any atom is -0.386 e. The minimum atomic E-state index is -0.690. The topological polar surface area (TPSA) is 47.0 Å². The maximum absolute atomic E-state index is 13.4. The van der Waals surface area contributed by atoms with Crippen LogP contribution in [0.15, 0.2) is 42.5 Å². The van der Waals surface area contributed by atoms with Gasteiger partial charge in [-0.15, -0.1) is 0 Å². The lowest BCUT2D eigenvalue weighted by Crippen LogP contribution is -2.60. The Bertz CT molecular complexity index is 1000. The molecule has 3 heterocycles. The predicted molar refractivity (Wildman–Crippen MR) is 129 cm³/mol. The van der Waals surface area contributed by atoms with Gasteiger partial charge in [0.25, 0.3) is 5.91 Å². The summed E-state index contributed by atoms with van der Waals surface area (Å²) in [7, 11) is 0. The van der Waals surface area contributed by atoms with Crippen molar-refractivity contribution < 1.29 is 9.90 Å². The van der Waals surface area contributed by atoms with Crippen LogP contribution >= 0.6 is 23.2 Å². The molecule has 0 radical (unpaired) electrons. The van der Waals surface area contributed by atoms with E-state index in [-0.39, 0.29) is 5.91 Å². The number of nitrogens with zero attached hydrogens (tertiary/aromatic N) is 3. The third kappa shape index (κ3) is 4.24. The number of rotatable bonds is 3. The summed E-state index contributed by atoms with van der Waals surface area (Å²) in [6.07, 6.45) is 2.20. The molecule has 3 aliphatic heterocycles. The molecule has 2 atom stereocenters. The van der Waals surface area contributed by atoms with Crippen LogP contribution in [0.3, 0.4) is 0 Å². The number of fused-ring (bicyclic) bond motifs is 1. The highest BCUT2D eigenvalue weighted by Crippen LogP contribution is 2.37. The maximum Gasteiger partial charge on any atom is 0.255 e. The highest BCUT2D eigenvalue weighted by molar-refractivity contribution is 6.36. The fourth-order valence-corrected chi connectivity index (χ4v) is 5.86. The Morgan fingerprint density at radius 3 is 2.50 bits per heavy atom. The number of β-amino-alcohol motifs (C(OH)–C–C–N with tert-alkyl or cyclic N) is 1. The molecule has 3 aliphatic rings. The molecule has 5 rings (SSSR count). The van der Waals surface area contributed by atoms with Gasteiger partial charge >= 0.3 is 0 Å². The molecule has 5 nitrogen and oxygen atoms in total. The molecule has 1 N–H and O–H groups in total. The lowest BCUT2D eigenvalue weighted by molar-refractivity contribution is 0.0310. The van der Waals surface area contributed by atoms with Gasteiger partial charge in [0.15, 0.2) is 0 Å². The smallest absolute Gasteiger partial charge is 0.255 e. The third-order valence-corrected chi connectivity index (χ3v) is 7.80. The maximum atomic E-state index is 13.4. The van der Waals surface area contributed by atoms with Crippen molar-refractivity contribution >= 4 is 34.8 Å². The number of aliphatic hydroxyl groups is 1. The van der Waals surface area contributed by atoms with Gasteiger partial charge in [0.2, 0.25) is 0 Å². The standard InChI is InChI=1S/C25H29Cl2N3O2/c1-25(32)15-30(16-25)22-4-2-3-21(23(22)27)24(31)29-12-11-28-13-18(7-10-20(28)14-29)17-5-8-19(26)9-6-17/h2-6,8-9,18,20,32H,7,10-16H2,1H3/t18-,20+/m0/s1. The summed E-state index contributed by atoms with van der Waals surface area (Å²) in [5.41, 5.74) is 2.04. The molecule has 0 aliphatic carbocycles. The largest absolute Gasteiger partial charge is 0.386 e. The van der Waals surface area contributed by atoms with E-state index < -0.39 is 5.60 Å². The monoisotopic (exact) mass is 473 g/mol. The van der Waals surface area contributed by atoms with Gasteiger partial charge in [-0.3, -0.25) is 9.69 Å². The molecule has 2 aromatic rings. The molecule has 32 heavy (non-hydrogen) atoms. The quantitative estimate of drug-likeness (QED) is 0.722. The minimum absolute atomic E-state index is 0.00334. The van der Waals surface area contributed by atoms with Crippen LogP contribution in [0, 0.1) is 0 Å². The number of amides is 1. The first kappa shape index (κ1) is 22.0. The number of piperazine rings is 1. The normalized spacial score (nSPS) is 25.2. The zero-order chi connectivity index (χ0) is 22.5. The SMILES string of the molecule is CC1(O)CN(c2cccc(C(=O)N3CCN4C[C@@H](c5ccc(Cl)cc5)CC[C@@H]4C3)c2Cl)C1. The first-order valence-electron chi connectivity index (χ1n) is 11.4. The molecule has 7 heteroatoms. The zero-order valence-corrected chi connectivity index (χ0v) is 19.8. The van der Waals surface area contributed by atoms with Gasteiger partial charge in [0, 0.05) is 50.3 Å². The van der Waals surface area contributed by atoms with Gasteiger partial charge in [-0.2, -0.15) is 0 Å². The summed E-state index contributed by atoms with van der Waals surface area (Å²) < 4.78 is 0. The van der Waals surface area contributed by atoms with Crippen molar-refractivity contribution in [1.29, 1.82) is 0 Å². The van der Waals surface area contributed by atoms with Crippen molar-refractivity contribution in [3.8, 4) is 0 Å². The van der Waals surface area contributed by atoms with Gasteiger partial charge in [0.05, 0.1) is 21.9 Å². The van der Waals surface area contributed by atoms with E-state index in [0.717, 1.165) is 43.2 Å². The first-order chi connectivity index (χ1) is 15.3. The number of carbonyl (C=O) groups excluding carboxylic acids is 1. The molecule has 2 aromatic carbocycles. The summed E-state index contributed by atoms with van der Waals surface area (Å²) in [5.74, 6) is 0.522. The van der Waals surface area contributed by atoms with Crippen molar-refractivity contribution in [2.24, 2.45) is 0 Å². The number of halogens is 2. The summed E-state index contributed by atoms with van der Waals surface area (Å²) in [6, 6.07) is 14.2. The van der Waals surface area contributed by atoms with E-state index in [0.29, 0.717) is 42.2 Å². The molecule has 170 valence electrons. The average molecular weight is 474 g/mol. The zero-order valence-electron chi connectivity index (χ0n) is 18.3. The van der Waals surface area contributed by atoms with Crippen LogP contribution in [-0.2, 0) is 0 Å². The average Bonchev–Trinajstić information content (AvgIpc) is 2.77. The summed E-state index contributed by atoms with van der Waals surface area (Å²) in [6.45, 7) is 6.23. The van der Waals surface area contributed by atoms with Crippen molar-refractivity contribution in [1.82, 2.24) is 9.80 Å². The molecular formula is C25H29Cl2N3O2. The Morgan fingerprint density at radius 2 is 1.78 bits per heavy atom. The number of anilines is 1. The van der Waals surface area contributed by atoms with Gasteiger partial charge in [0.1, 0.15) is 0 Å². The Hall–Kier alpha value is -1.79. The molecular weight excluding hydrogens is 445 g/mol. The number of carbonyl (C=O) groups is 1. The van der Waals surface area contributed by atoms with Crippen molar-refractivity contribution in [2.45, 2.75) is 37.3 Å². The van der Waals surface area contributed by atoms with Crippen molar-refractivity contribution in [3.05, 3.63) is 63.6 Å². The lowest BCUT2D eigenvalue weighted by atomic mass is 9.86. The molecule has 3 fully saturated rings. The first-order valence-corrected chi connectivity index (χ1v) is 12.1. The molecule has 1 amide bonds. The lowest BCUT2D eigenvalue weighted by Gasteiger charge is -2.47. The fraction of sp³-hybridized carbons (Fsp3) is 0.480. The van der Waals surface area contributed by atoms with Crippen LogP contribution in [0.4, 0.5) is 5.69 Å². The van der Waals surface area contributed by atoms with E-state index in [2.05, 4.69) is 17.0 Å². The Morgan fingerprint density at radius 1 is 1.03 bits per heavy atom. The Kier molecular flexibility index (Phi) is 5.87. The third-order valence-electron chi connectivity index (χ3n) is 7.15. The second kappa shape index (κ2) is 8.53. The van der Waals surface area contributed by atoms with Crippen LogP contribution in [0.1, 0.15) is 41.6 Å². The number of hydrogen-bond acceptors (Lipinski definition) is 4. The molecule has 3 saturated heterocycles. The van der Waals surface area contributed by atoms with Gasteiger partial charge in [-0.1, -0.05) is 41.4 Å². The highest BCUT2D eigenvalue weighted by atomic mass is 35.5. The van der Waals surface area contributed by atoms with Crippen molar-refractivity contribution in [3.63, 3.8) is 0 Å². The molecule has 0 aromatic heterocycles. The van der Waals surface area contributed by atoms with E-state index >= 15 is 0 Å². The van der Waals surface area contributed by atoms with E-state index in [4.69, 9.17) is 23.2 Å². The van der Waals surface area contributed by atoms with Gasteiger partial charge in [-0.05, 0) is 55.5 Å². The second-order valence-electron chi connectivity index (χ2n) is 9.72. The Balaban J connectivity index is 1.25. The van der Waals surface area contributed by atoms with Gasteiger partial charge < -0.3 is 14.9 Å². The summed E-state index contributed by atoms with van der Waals surface area (Å²) in [4.78, 5) is 19.9. The second-order valence-corrected chi connectivity index (χ2v) is 10.5. The van der Waals surface area contributed by atoms with Crippen LogP contribution in [-0.4, -0.2) is 71.7 Å². The number of piperidine rings is 1. The van der Waals surface area contributed by atoms with Crippen LogP contribution in [0.2, 0.25) is 10.0 Å². The molecule has 0 saturated carbocycles. The van der Waals surface area contributed by atoms with Crippen LogP contribution in [0.5, 0.6) is 0 Å². The van der Waals surface area contributed by atoms with E-state index in [1.807, 2.05) is 47.1 Å². The number of benzene rings is 2. The van der Waals surface area contributed by atoms with Gasteiger partial charge in [-0.25, -0.2) is 0 Å². The summed E-state index contributed by atoms with van der Waals surface area (Å²) in [5, 5.41) is 11.3. The molecule has 0 unspecified atom stereocenters. The number of hydrogen-bond donors (Lipinski definition) is 1. The highest BCUT2D eigenvalue weighted by Gasteiger charge is 2.39.